The van der Waals surface area contributed by atoms with E-state index in [1.807, 2.05) is 0 Å². The van der Waals surface area contributed by atoms with E-state index in [2.05, 4.69) is 11.9 Å². The van der Waals surface area contributed by atoms with Crippen molar-refractivity contribution in [1.82, 2.24) is 9.88 Å². The number of aromatic carboxylic acids is 1. The first-order valence-corrected chi connectivity index (χ1v) is 11.5. The van der Waals surface area contributed by atoms with Crippen LogP contribution in [0.15, 0.2) is 18.2 Å². The molecule has 0 saturated heterocycles. The monoisotopic (exact) mass is 404 g/mol. The molecule has 1 rings (SSSR count). The number of hydrogen-bond acceptors (Lipinski definition) is 3. The Morgan fingerprint density at radius 2 is 1.24 bits per heavy atom. The number of rotatable bonds is 17. The average Bonchev–Trinajstić information content (AvgIpc) is 2.73. The average molecular weight is 405 g/mol. The molecule has 0 fully saturated rings. The third-order valence-electron chi connectivity index (χ3n) is 5.38. The molecule has 1 heterocycles. The molecule has 0 unspecified atom stereocenters. The van der Waals surface area contributed by atoms with E-state index in [1.165, 1.54) is 83.1 Å². The van der Waals surface area contributed by atoms with Crippen molar-refractivity contribution in [3.8, 4) is 0 Å². The van der Waals surface area contributed by atoms with Crippen LogP contribution < -0.4 is 0 Å². The van der Waals surface area contributed by atoms with Crippen LogP contribution in [0.1, 0.15) is 118 Å². The lowest BCUT2D eigenvalue weighted by atomic mass is 10.0. The summed E-state index contributed by atoms with van der Waals surface area (Å²) in [6, 6.07) is 4.52. The standard InChI is InChI=1S/C24H40N2O3/c1-3-4-5-6-7-8-9-10-11-12-13-14-15-16-20-26(2)23(27)21-18-17-19-22(25-21)24(28)29/h17-19H,3-16,20H2,1-2H3,(H,28,29). The SMILES string of the molecule is CCCCCCCCCCCCCCCCN(C)C(=O)c1cccc(C(=O)O)n1. The van der Waals surface area contributed by atoms with Gasteiger partial charge in [-0.15, -0.1) is 0 Å². The van der Waals surface area contributed by atoms with E-state index >= 15 is 0 Å². The van der Waals surface area contributed by atoms with Crippen molar-refractivity contribution >= 4 is 11.9 Å². The molecular weight excluding hydrogens is 364 g/mol. The Kier molecular flexibility index (Phi) is 13.8. The molecule has 0 aliphatic carbocycles. The molecule has 0 radical (unpaired) electrons. The zero-order valence-corrected chi connectivity index (χ0v) is 18.5. The molecule has 5 nitrogen and oxygen atoms in total. The van der Waals surface area contributed by atoms with Gasteiger partial charge in [0.15, 0.2) is 0 Å². The van der Waals surface area contributed by atoms with Crippen molar-refractivity contribution in [2.75, 3.05) is 13.6 Å². The van der Waals surface area contributed by atoms with Gasteiger partial charge in [-0.3, -0.25) is 4.79 Å². The molecule has 1 aromatic heterocycles. The van der Waals surface area contributed by atoms with Crippen molar-refractivity contribution in [1.29, 1.82) is 0 Å². The molecule has 0 saturated carbocycles. The molecule has 0 atom stereocenters. The number of aromatic nitrogens is 1. The summed E-state index contributed by atoms with van der Waals surface area (Å²) >= 11 is 0. The Labute approximate surface area is 176 Å². The highest BCUT2D eigenvalue weighted by Crippen LogP contribution is 2.13. The Hall–Kier alpha value is -1.91. The second kappa shape index (κ2) is 15.9. The molecule has 0 bridgehead atoms. The van der Waals surface area contributed by atoms with Crippen LogP contribution in [0, 0.1) is 0 Å². The highest BCUT2D eigenvalue weighted by Gasteiger charge is 2.15. The van der Waals surface area contributed by atoms with Crippen LogP contribution in [0.4, 0.5) is 0 Å². The third-order valence-corrected chi connectivity index (χ3v) is 5.38. The fourth-order valence-electron chi connectivity index (χ4n) is 3.51. The maximum Gasteiger partial charge on any atom is 0.354 e. The highest BCUT2D eigenvalue weighted by atomic mass is 16.4. The van der Waals surface area contributed by atoms with E-state index in [9.17, 15) is 9.59 Å². The summed E-state index contributed by atoms with van der Waals surface area (Å²) in [7, 11) is 1.75. The number of unbranched alkanes of at least 4 members (excludes halogenated alkanes) is 13. The number of carboxylic acids is 1. The Balaban J connectivity index is 2.01. The normalized spacial score (nSPS) is 10.8. The predicted molar refractivity (Wildman–Crippen MR) is 118 cm³/mol. The lowest BCUT2D eigenvalue weighted by Gasteiger charge is -2.16. The lowest BCUT2D eigenvalue weighted by molar-refractivity contribution is 0.0690. The minimum Gasteiger partial charge on any atom is -0.477 e. The molecule has 164 valence electrons. The van der Waals surface area contributed by atoms with Crippen molar-refractivity contribution in [2.45, 2.75) is 96.8 Å². The van der Waals surface area contributed by atoms with E-state index in [-0.39, 0.29) is 17.3 Å². The van der Waals surface area contributed by atoms with Gasteiger partial charge in [-0.05, 0) is 18.6 Å². The summed E-state index contributed by atoms with van der Waals surface area (Å²) in [6.07, 6.45) is 18.3. The molecule has 1 aromatic rings. The van der Waals surface area contributed by atoms with E-state index in [0.29, 0.717) is 6.54 Å². The first-order chi connectivity index (χ1) is 14.1. The van der Waals surface area contributed by atoms with Gasteiger partial charge >= 0.3 is 5.97 Å². The van der Waals surface area contributed by atoms with Crippen molar-refractivity contribution in [3.05, 3.63) is 29.6 Å². The van der Waals surface area contributed by atoms with Gasteiger partial charge < -0.3 is 10.0 Å². The van der Waals surface area contributed by atoms with Gasteiger partial charge in [0, 0.05) is 13.6 Å². The summed E-state index contributed by atoms with van der Waals surface area (Å²) in [5.74, 6) is -1.34. The first-order valence-electron chi connectivity index (χ1n) is 11.5. The van der Waals surface area contributed by atoms with Crippen LogP contribution in [0.25, 0.3) is 0 Å². The fourth-order valence-corrected chi connectivity index (χ4v) is 3.51. The van der Waals surface area contributed by atoms with Gasteiger partial charge in [0.2, 0.25) is 0 Å². The largest absolute Gasteiger partial charge is 0.477 e. The number of amides is 1. The van der Waals surface area contributed by atoms with Gasteiger partial charge in [-0.2, -0.15) is 0 Å². The molecule has 0 aromatic carbocycles. The van der Waals surface area contributed by atoms with Gasteiger partial charge in [0.05, 0.1) is 0 Å². The van der Waals surface area contributed by atoms with Crippen LogP contribution in [-0.4, -0.2) is 40.5 Å². The van der Waals surface area contributed by atoms with E-state index in [0.717, 1.165) is 12.8 Å². The van der Waals surface area contributed by atoms with Crippen molar-refractivity contribution < 1.29 is 14.7 Å². The topological polar surface area (TPSA) is 70.5 Å². The number of carbonyl (C=O) groups excluding carboxylic acids is 1. The molecule has 1 amide bonds. The number of carbonyl (C=O) groups is 2. The lowest BCUT2D eigenvalue weighted by Crippen LogP contribution is -2.28. The number of hydrogen-bond donors (Lipinski definition) is 1. The fraction of sp³-hybridized carbons (Fsp3) is 0.708. The van der Waals surface area contributed by atoms with Crippen LogP contribution in [-0.2, 0) is 0 Å². The van der Waals surface area contributed by atoms with Crippen LogP contribution in [0.3, 0.4) is 0 Å². The highest BCUT2D eigenvalue weighted by molar-refractivity contribution is 5.94. The molecule has 0 aliphatic heterocycles. The summed E-state index contributed by atoms with van der Waals surface area (Å²) in [4.78, 5) is 28.9. The van der Waals surface area contributed by atoms with Gasteiger partial charge in [0.25, 0.3) is 5.91 Å². The summed E-state index contributed by atoms with van der Waals surface area (Å²) in [5.41, 5.74) is 0.0958. The quantitative estimate of drug-likeness (QED) is 0.308. The molecule has 1 N–H and O–H groups in total. The van der Waals surface area contributed by atoms with Gasteiger partial charge in [-0.25, -0.2) is 9.78 Å². The number of carboxylic acid groups (broad SMARTS) is 1. The maximum absolute atomic E-state index is 12.4. The zero-order chi connectivity index (χ0) is 21.3. The third kappa shape index (κ3) is 11.6. The minimum atomic E-state index is -1.12. The second-order valence-corrected chi connectivity index (χ2v) is 8.04. The van der Waals surface area contributed by atoms with E-state index < -0.39 is 5.97 Å². The van der Waals surface area contributed by atoms with E-state index in [4.69, 9.17) is 5.11 Å². The number of pyridine rings is 1. The Morgan fingerprint density at radius 3 is 1.72 bits per heavy atom. The van der Waals surface area contributed by atoms with Crippen LogP contribution in [0.5, 0.6) is 0 Å². The second-order valence-electron chi connectivity index (χ2n) is 8.04. The first kappa shape index (κ1) is 25.1. The predicted octanol–water partition coefficient (Wildman–Crippen LogP) is 6.33. The Bertz CT molecular complexity index is 589. The minimum absolute atomic E-state index is 0.0965. The van der Waals surface area contributed by atoms with Gasteiger partial charge in [0.1, 0.15) is 11.4 Å². The zero-order valence-electron chi connectivity index (χ0n) is 18.5. The molecule has 29 heavy (non-hydrogen) atoms. The van der Waals surface area contributed by atoms with Gasteiger partial charge in [-0.1, -0.05) is 96.5 Å². The number of nitrogens with zero attached hydrogens (tertiary/aromatic N) is 2. The molecule has 0 aliphatic rings. The summed E-state index contributed by atoms with van der Waals surface area (Å²) < 4.78 is 0. The molecular formula is C24H40N2O3. The summed E-state index contributed by atoms with van der Waals surface area (Å²) in [5, 5.41) is 8.99. The van der Waals surface area contributed by atoms with Crippen molar-refractivity contribution in [2.24, 2.45) is 0 Å². The Morgan fingerprint density at radius 1 is 0.793 bits per heavy atom. The van der Waals surface area contributed by atoms with Crippen molar-refractivity contribution in [3.63, 3.8) is 0 Å². The summed E-state index contributed by atoms with van der Waals surface area (Å²) in [6.45, 7) is 2.94. The van der Waals surface area contributed by atoms with Crippen LogP contribution in [0.2, 0.25) is 0 Å². The smallest absolute Gasteiger partial charge is 0.354 e. The van der Waals surface area contributed by atoms with E-state index in [1.54, 1.807) is 24.1 Å². The maximum atomic E-state index is 12.4. The van der Waals surface area contributed by atoms with Crippen LogP contribution >= 0.6 is 0 Å². The molecule has 5 heteroatoms. The molecule has 0 spiro atoms.